The topological polar surface area (TPSA) is 77.2 Å². The van der Waals surface area contributed by atoms with Crippen LogP contribution in [0.5, 0.6) is 5.88 Å². The highest BCUT2D eigenvalue weighted by atomic mass is 19.1. The van der Waals surface area contributed by atoms with Crippen molar-refractivity contribution in [1.29, 1.82) is 0 Å². The van der Waals surface area contributed by atoms with Crippen LogP contribution in [0.4, 0.5) is 17.6 Å². The summed E-state index contributed by atoms with van der Waals surface area (Å²) in [7, 11) is 0. The number of carboxylic acids is 1. The van der Waals surface area contributed by atoms with Crippen LogP contribution >= 0.6 is 0 Å². The van der Waals surface area contributed by atoms with Gasteiger partial charge < -0.3 is 14.4 Å². The number of aromatic carboxylic acids is 1. The summed E-state index contributed by atoms with van der Waals surface area (Å²) in [5.41, 5.74) is 1.70. The van der Waals surface area contributed by atoms with Crippen LogP contribution in [-0.4, -0.2) is 32.3 Å². The van der Waals surface area contributed by atoms with E-state index in [2.05, 4.69) is 9.97 Å². The predicted octanol–water partition coefficient (Wildman–Crippen LogP) is 7.44. The molecule has 0 radical (unpaired) electrons. The molecule has 1 aliphatic rings. The number of benzene rings is 3. The summed E-state index contributed by atoms with van der Waals surface area (Å²) in [6.45, 7) is 1.38. The quantitative estimate of drug-likeness (QED) is 0.171. The van der Waals surface area contributed by atoms with Crippen molar-refractivity contribution in [2.45, 2.75) is 39.3 Å². The molecule has 0 amide bonds. The molecule has 6 rings (SSSR count). The first-order valence-corrected chi connectivity index (χ1v) is 13.8. The maximum Gasteiger partial charge on any atom is 0.335 e. The number of aromatic nitrogens is 3. The number of alkyl halides is 1. The van der Waals surface area contributed by atoms with Gasteiger partial charge in [-0.25, -0.2) is 27.9 Å². The summed E-state index contributed by atoms with van der Waals surface area (Å²) in [5.74, 6) is -2.48. The molecular formula is C33H27F4N3O3. The van der Waals surface area contributed by atoms with E-state index in [1.165, 1.54) is 18.2 Å². The number of fused-ring (bicyclic) bond motifs is 1. The van der Waals surface area contributed by atoms with Gasteiger partial charge in [0.1, 0.15) is 29.6 Å². The Morgan fingerprint density at radius 2 is 1.72 bits per heavy atom. The van der Waals surface area contributed by atoms with Gasteiger partial charge >= 0.3 is 5.97 Å². The number of halogens is 4. The Kier molecular flexibility index (Phi) is 7.37. The maximum atomic E-state index is 15.5. The average molecular weight is 590 g/mol. The highest BCUT2D eigenvalue weighted by molar-refractivity contribution is 5.92. The molecule has 0 atom stereocenters. The van der Waals surface area contributed by atoms with E-state index >= 15 is 4.39 Å². The van der Waals surface area contributed by atoms with E-state index in [4.69, 9.17) is 4.74 Å². The van der Waals surface area contributed by atoms with Crippen LogP contribution in [0.1, 0.15) is 45.7 Å². The highest BCUT2D eigenvalue weighted by Crippen LogP contribution is 2.48. The van der Waals surface area contributed by atoms with Crippen LogP contribution < -0.4 is 4.74 Å². The molecule has 2 heterocycles. The Balaban J connectivity index is 1.27. The van der Waals surface area contributed by atoms with Gasteiger partial charge in [-0.05, 0) is 61.2 Å². The second kappa shape index (κ2) is 11.2. The molecule has 1 N–H and O–H groups in total. The number of hydrogen-bond donors (Lipinski definition) is 1. The number of rotatable bonds is 10. The fourth-order valence-corrected chi connectivity index (χ4v) is 5.11. The summed E-state index contributed by atoms with van der Waals surface area (Å²) in [5, 5.41) is 9.43. The number of carbonyl (C=O) groups is 1. The summed E-state index contributed by atoms with van der Waals surface area (Å²) in [4.78, 5) is 20.4. The van der Waals surface area contributed by atoms with Gasteiger partial charge in [-0.3, -0.25) is 4.39 Å². The Morgan fingerprint density at radius 1 is 0.953 bits per heavy atom. The van der Waals surface area contributed by atoms with Crippen molar-refractivity contribution in [2.24, 2.45) is 5.41 Å². The Labute approximate surface area is 244 Å². The van der Waals surface area contributed by atoms with Crippen LogP contribution in [0.15, 0.2) is 66.7 Å². The largest absolute Gasteiger partial charge is 0.478 e. The fraction of sp³-hybridized carbons (Fsp3) is 0.242. The summed E-state index contributed by atoms with van der Waals surface area (Å²) >= 11 is 0. The molecule has 0 spiro atoms. The van der Waals surface area contributed by atoms with Gasteiger partial charge in [0.25, 0.3) is 0 Å². The molecule has 1 fully saturated rings. The van der Waals surface area contributed by atoms with E-state index in [-0.39, 0.29) is 53.4 Å². The van der Waals surface area contributed by atoms with Gasteiger partial charge in [0.15, 0.2) is 5.82 Å². The molecule has 0 aliphatic heterocycles. The van der Waals surface area contributed by atoms with Crippen LogP contribution in [-0.2, 0) is 19.6 Å². The molecule has 0 unspecified atom stereocenters. The van der Waals surface area contributed by atoms with Crippen molar-refractivity contribution in [1.82, 2.24) is 14.5 Å². The lowest BCUT2D eigenvalue weighted by Gasteiger charge is -2.16. The van der Waals surface area contributed by atoms with Crippen molar-refractivity contribution in [3.63, 3.8) is 0 Å². The maximum absolute atomic E-state index is 15.5. The zero-order valence-electron chi connectivity index (χ0n) is 23.2. The second-order valence-electron chi connectivity index (χ2n) is 11.1. The molecule has 0 saturated heterocycles. The molecule has 0 bridgehead atoms. The smallest absolute Gasteiger partial charge is 0.335 e. The summed E-state index contributed by atoms with van der Waals surface area (Å²) in [6, 6.07) is 16.7. The summed E-state index contributed by atoms with van der Waals surface area (Å²) in [6.07, 6.45) is 1.26. The van der Waals surface area contributed by atoms with Crippen molar-refractivity contribution in [3.8, 4) is 17.1 Å². The number of hydrogen-bond acceptors (Lipinski definition) is 4. The standard InChI is InChI=1S/C33H27F4N3O3/c1-19-5-6-22(24(35)11-19)16-43-30-4-2-3-27(38-30)21-8-7-20(25(36)12-21)15-29-39-31-26(37)13-23(32(41)42)14-28(31)40(29)18-33(17-34)9-10-33/h2-8,11-14H,9-10,15-18H2,1H3,(H,41,42). The molecule has 6 nitrogen and oxygen atoms in total. The normalized spacial score (nSPS) is 13.8. The van der Waals surface area contributed by atoms with Crippen molar-refractivity contribution >= 4 is 17.0 Å². The Morgan fingerprint density at radius 3 is 2.42 bits per heavy atom. The minimum Gasteiger partial charge on any atom is -0.478 e. The molecule has 43 heavy (non-hydrogen) atoms. The van der Waals surface area contributed by atoms with E-state index in [0.29, 0.717) is 35.5 Å². The summed E-state index contributed by atoms with van der Waals surface area (Å²) < 4.78 is 65.7. The SMILES string of the molecule is Cc1ccc(COc2cccc(-c3ccc(Cc4nc5c(F)cc(C(=O)O)cc5n4CC4(CF)CC4)c(F)c3)n2)c(F)c1. The molecule has 220 valence electrons. The molecule has 2 aromatic heterocycles. The lowest BCUT2D eigenvalue weighted by molar-refractivity contribution is 0.0696. The van der Waals surface area contributed by atoms with Gasteiger partial charge in [-0.1, -0.05) is 30.3 Å². The van der Waals surface area contributed by atoms with Crippen molar-refractivity contribution in [3.05, 3.63) is 112 Å². The molecule has 1 saturated carbocycles. The minimum atomic E-state index is -1.30. The Hall–Kier alpha value is -4.73. The number of carboxylic acid groups (broad SMARTS) is 1. The number of aryl methyl sites for hydroxylation is 1. The van der Waals surface area contributed by atoms with Gasteiger partial charge in [0, 0.05) is 35.6 Å². The molecular weight excluding hydrogens is 562 g/mol. The predicted molar refractivity (Wildman–Crippen MR) is 152 cm³/mol. The number of imidazole rings is 1. The number of pyridine rings is 1. The third-order valence-corrected chi connectivity index (χ3v) is 7.87. The Bertz CT molecular complexity index is 1870. The monoisotopic (exact) mass is 589 g/mol. The molecule has 1 aliphatic carbocycles. The fourth-order valence-electron chi connectivity index (χ4n) is 5.11. The van der Waals surface area contributed by atoms with E-state index in [0.717, 1.165) is 11.6 Å². The molecule has 3 aromatic carbocycles. The lowest BCUT2D eigenvalue weighted by atomic mass is 10.0. The van der Waals surface area contributed by atoms with Crippen LogP contribution in [0.3, 0.4) is 0 Å². The van der Waals surface area contributed by atoms with E-state index in [1.54, 1.807) is 54.0 Å². The highest BCUT2D eigenvalue weighted by Gasteiger charge is 2.44. The van der Waals surface area contributed by atoms with Gasteiger partial charge in [0.2, 0.25) is 5.88 Å². The van der Waals surface area contributed by atoms with Crippen LogP contribution in [0, 0.1) is 29.8 Å². The number of ether oxygens (including phenoxy) is 1. The van der Waals surface area contributed by atoms with Gasteiger partial charge in [-0.15, -0.1) is 0 Å². The lowest BCUT2D eigenvalue weighted by Crippen LogP contribution is -2.16. The van der Waals surface area contributed by atoms with Crippen molar-refractivity contribution in [2.75, 3.05) is 6.67 Å². The van der Waals surface area contributed by atoms with Gasteiger partial charge in [-0.2, -0.15) is 0 Å². The first kappa shape index (κ1) is 28.4. The van der Waals surface area contributed by atoms with Crippen LogP contribution in [0.2, 0.25) is 0 Å². The molecule has 5 aromatic rings. The first-order valence-electron chi connectivity index (χ1n) is 13.8. The zero-order chi connectivity index (χ0) is 30.3. The van der Waals surface area contributed by atoms with Gasteiger partial charge in [0.05, 0.1) is 23.4 Å². The minimum absolute atomic E-state index is 0.0187. The third kappa shape index (κ3) is 5.82. The third-order valence-electron chi connectivity index (χ3n) is 7.87. The van der Waals surface area contributed by atoms with Crippen molar-refractivity contribution < 1.29 is 32.2 Å². The van der Waals surface area contributed by atoms with Crippen LogP contribution in [0.25, 0.3) is 22.3 Å². The molecule has 10 heteroatoms. The average Bonchev–Trinajstić information content (AvgIpc) is 3.68. The number of nitrogens with zero attached hydrogens (tertiary/aromatic N) is 3. The second-order valence-corrected chi connectivity index (χ2v) is 11.1. The van der Waals surface area contributed by atoms with E-state index < -0.39 is 29.7 Å². The van der Waals surface area contributed by atoms with E-state index in [9.17, 15) is 23.1 Å². The van der Waals surface area contributed by atoms with E-state index in [1.807, 2.05) is 0 Å². The zero-order valence-corrected chi connectivity index (χ0v) is 23.2. The first-order chi connectivity index (χ1) is 20.6.